The van der Waals surface area contributed by atoms with Gasteiger partial charge in [-0.05, 0) is 33.4 Å². The highest BCUT2D eigenvalue weighted by Gasteiger charge is 2.22. The second kappa shape index (κ2) is 6.81. The number of ether oxygens (including phenoxy) is 1. The van der Waals surface area contributed by atoms with Crippen LogP contribution in [-0.4, -0.2) is 54.5 Å². The van der Waals surface area contributed by atoms with Gasteiger partial charge in [0.15, 0.2) is 0 Å². The largest absolute Gasteiger partial charge is 0.461 e. The highest BCUT2D eigenvalue weighted by atomic mass is 32.1. The number of nitrogens with one attached hydrogen (secondary N) is 1. The van der Waals surface area contributed by atoms with Crippen LogP contribution < -0.4 is 5.32 Å². The maximum Gasteiger partial charge on any atom is 0.367 e. The molecular formula is C13H19N3O3S. The molecule has 1 N–H and O–H groups in total. The van der Waals surface area contributed by atoms with E-state index in [1.54, 1.807) is 12.3 Å². The van der Waals surface area contributed by atoms with E-state index in [1.165, 1.54) is 6.42 Å². The SMILES string of the molecule is CCOC(=O)c1nc(C(=O)NCC2CCCN2C)cs1. The van der Waals surface area contributed by atoms with Gasteiger partial charge in [-0.15, -0.1) is 11.3 Å². The highest BCUT2D eigenvalue weighted by Crippen LogP contribution is 2.14. The highest BCUT2D eigenvalue weighted by molar-refractivity contribution is 7.11. The summed E-state index contributed by atoms with van der Waals surface area (Å²) in [5, 5.41) is 4.67. The first-order valence-electron chi connectivity index (χ1n) is 6.73. The summed E-state index contributed by atoms with van der Waals surface area (Å²) in [4.78, 5) is 29.7. The molecule has 0 aliphatic carbocycles. The van der Waals surface area contributed by atoms with Gasteiger partial charge in [0.2, 0.25) is 5.01 Å². The number of likely N-dealkylation sites (tertiary alicyclic amines) is 1. The van der Waals surface area contributed by atoms with Crippen LogP contribution >= 0.6 is 11.3 Å². The minimum atomic E-state index is -0.480. The maximum atomic E-state index is 12.0. The molecule has 7 heteroatoms. The Balaban J connectivity index is 1.88. The molecule has 1 saturated heterocycles. The summed E-state index contributed by atoms with van der Waals surface area (Å²) in [5.74, 6) is -0.718. The summed E-state index contributed by atoms with van der Waals surface area (Å²) in [6, 6.07) is 0.391. The van der Waals surface area contributed by atoms with Gasteiger partial charge in [-0.25, -0.2) is 9.78 Å². The lowest BCUT2D eigenvalue weighted by Gasteiger charge is -2.19. The zero-order valence-electron chi connectivity index (χ0n) is 11.7. The van der Waals surface area contributed by atoms with Crippen molar-refractivity contribution in [2.45, 2.75) is 25.8 Å². The molecule has 1 unspecified atom stereocenters. The quantitative estimate of drug-likeness (QED) is 0.825. The van der Waals surface area contributed by atoms with E-state index >= 15 is 0 Å². The zero-order chi connectivity index (χ0) is 14.5. The van der Waals surface area contributed by atoms with Crippen molar-refractivity contribution in [2.24, 2.45) is 0 Å². The lowest BCUT2D eigenvalue weighted by molar-refractivity contribution is 0.0526. The molecule has 6 nitrogen and oxygen atoms in total. The number of likely N-dealkylation sites (N-methyl/N-ethyl adjacent to an activating group) is 1. The Morgan fingerprint density at radius 2 is 2.40 bits per heavy atom. The van der Waals surface area contributed by atoms with Crippen LogP contribution in [0.5, 0.6) is 0 Å². The Morgan fingerprint density at radius 1 is 1.60 bits per heavy atom. The number of rotatable bonds is 5. The summed E-state index contributed by atoms with van der Waals surface area (Å²) in [6.07, 6.45) is 2.27. The number of carbonyl (C=O) groups is 2. The number of esters is 1. The minimum absolute atomic E-state index is 0.218. The second-order valence-corrected chi connectivity index (χ2v) is 5.60. The molecule has 1 aliphatic rings. The average Bonchev–Trinajstić information content (AvgIpc) is 3.05. The minimum Gasteiger partial charge on any atom is -0.461 e. The first-order valence-corrected chi connectivity index (χ1v) is 7.61. The predicted molar refractivity (Wildman–Crippen MR) is 76.1 cm³/mol. The van der Waals surface area contributed by atoms with Crippen molar-refractivity contribution in [3.63, 3.8) is 0 Å². The number of hydrogen-bond acceptors (Lipinski definition) is 6. The van der Waals surface area contributed by atoms with Crippen molar-refractivity contribution < 1.29 is 14.3 Å². The van der Waals surface area contributed by atoms with Crippen LogP contribution in [0, 0.1) is 0 Å². The van der Waals surface area contributed by atoms with Crippen LogP contribution in [0.1, 0.15) is 40.1 Å². The van der Waals surface area contributed by atoms with Gasteiger partial charge in [0, 0.05) is 18.0 Å². The number of thiazole rings is 1. The van der Waals surface area contributed by atoms with E-state index < -0.39 is 5.97 Å². The molecule has 0 aromatic carbocycles. The third-order valence-electron chi connectivity index (χ3n) is 3.36. The molecule has 1 aliphatic heterocycles. The third kappa shape index (κ3) is 3.55. The predicted octanol–water partition coefficient (Wildman–Crippen LogP) is 1.14. The molecule has 0 spiro atoms. The van der Waals surface area contributed by atoms with Gasteiger partial charge < -0.3 is 15.0 Å². The molecule has 1 aromatic rings. The van der Waals surface area contributed by atoms with Crippen LogP contribution in [0.2, 0.25) is 0 Å². The standard InChI is InChI=1S/C13H19N3O3S/c1-3-19-13(18)12-15-10(8-20-12)11(17)14-7-9-5-4-6-16(9)2/h8-9H,3-7H2,1-2H3,(H,14,17). The zero-order valence-corrected chi connectivity index (χ0v) is 12.5. The van der Waals surface area contributed by atoms with Crippen LogP contribution in [-0.2, 0) is 4.74 Å². The lowest BCUT2D eigenvalue weighted by Crippen LogP contribution is -2.38. The third-order valence-corrected chi connectivity index (χ3v) is 4.18. The fourth-order valence-electron chi connectivity index (χ4n) is 2.20. The van der Waals surface area contributed by atoms with E-state index in [4.69, 9.17) is 4.74 Å². The summed E-state index contributed by atoms with van der Waals surface area (Å²) < 4.78 is 4.85. The number of aromatic nitrogens is 1. The van der Waals surface area contributed by atoms with Gasteiger partial charge in [0.25, 0.3) is 5.91 Å². The van der Waals surface area contributed by atoms with E-state index in [0.29, 0.717) is 19.2 Å². The molecule has 1 amide bonds. The molecule has 0 radical (unpaired) electrons. The molecular weight excluding hydrogens is 278 g/mol. The summed E-state index contributed by atoms with van der Waals surface area (Å²) >= 11 is 1.13. The summed E-state index contributed by atoms with van der Waals surface area (Å²) in [7, 11) is 2.06. The molecule has 2 heterocycles. The van der Waals surface area contributed by atoms with E-state index in [-0.39, 0.29) is 16.6 Å². The average molecular weight is 297 g/mol. The van der Waals surface area contributed by atoms with Gasteiger partial charge in [-0.3, -0.25) is 4.79 Å². The van der Waals surface area contributed by atoms with Crippen molar-refractivity contribution in [1.82, 2.24) is 15.2 Å². The monoisotopic (exact) mass is 297 g/mol. The van der Waals surface area contributed by atoms with E-state index in [0.717, 1.165) is 24.3 Å². The van der Waals surface area contributed by atoms with Gasteiger partial charge >= 0.3 is 5.97 Å². The Labute approximate surface area is 122 Å². The van der Waals surface area contributed by atoms with Gasteiger partial charge in [-0.2, -0.15) is 0 Å². The molecule has 110 valence electrons. The maximum absolute atomic E-state index is 12.0. The van der Waals surface area contributed by atoms with Crippen molar-refractivity contribution in [3.8, 4) is 0 Å². The second-order valence-electron chi connectivity index (χ2n) is 4.75. The Kier molecular flexibility index (Phi) is 5.08. The first-order chi connectivity index (χ1) is 9.61. The number of carbonyl (C=O) groups excluding carboxylic acids is 2. The van der Waals surface area contributed by atoms with Gasteiger partial charge in [0.05, 0.1) is 6.61 Å². The van der Waals surface area contributed by atoms with Crippen molar-refractivity contribution in [3.05, 3.63) is 16.1 Å². The van der Waals surface area contributed by atoms with Crippen LogP contribution in [0.3, 0.4) is 0 Å². The Bertz CT molecular complexity index is 489. The van der Waals surface area contributed by atoms with Crippen molar-refractivity contribution in [1.29, 1.82) is 0 Å². The molecule has 1 atom stereocenters. The molecule has 0 bridgehead atoms. The summed E-state index contributed by atoms with van der Waals surface area (Å²) in [5.41, 5.74) is 0.277. The van der Waals surface area contributed by atoms with Crippen LogP contribution in [0.15, 0.2) is 5.38 Å². The number of amides is 1. The summed E-state index contributed by atoms with van der Waals surface area (Å²) in [6.45, 7) is 3.72. The van der Waals surface area contributed by atoms with Crippen molar-refractivity contribution in [2.75, 3.05) is 26.7 Å². The molecule has 1 aromatic heterocycles. The normalized spacial score (nSPS) is 19.0. The topological polar surface area (TPSA) is 71.5 Å². The molecule has 1 fully saturated rings. The molecule has 0 saturated carbocycles. The van der Waals surface area contributed by atoms with E-state index in [2.05, 4.69) is 22.2 Å². The van der Waals surface area contributed by atoms with Gasteiger partial charge in [0.1, 0.15) is 5.69 Å². The van der Waals surface area contributed by atoms with Gasteiger partial charge in [-0.1, -0.05) is 0 Å². The van der Waals surface area contributed by atoms with E-state index in [9.17, 15) is 9.59 Å². The van der Waals surface area contributed by atoms with Crippen LogP contribution in [0.25, 0.3) is 0 Å². The smallest absolute Gasteiger partial charge is 0.367 e. The first kappa shape index (κ1) is 14.9. The Morgan fingerprint density at radius 3 is 3.05 bits per heavy atom. The number of nitrogens with zero attached hydrogens (tertiary/aromatic N) is 2. The van der Waals surface area contributed by atoms with Crippen molar-refractivity contribution >= 4 is 23.2 Å². The van der Waals surface area contributed by atoms with E-state index in [1.807, 2.05) is 0 Å². The fraction of sp³-hybridized carbons (Fsp3) is 0.615. The van der Waals surface area contributed by atoms with Crippen LogP contribution in [0.4, 0.5) is 0 Å². The molecule has 20 heavy (non-hydrogen) atoms. The number of hydrogen-bond donors (Lipinski definition) is 1. The fourth-order valence-corrected chi connectivity index (χ4v) is 2.89. The lowest BCUT2D eigenvalue weighted by atomic mass is 10.2. The molecule has 2 rings (SSSR count). The Hall–Kier alpha value is -1.47.